The highest BCUT2D eigenvalue weighted by Crippen LogP contribution is 2.07. The summed E-state index contributed by atoms with van der Waals surface area (Å²) >= 11 is 0. The monoisotopic (exact) mass is 255 g/mol. The smallest absolute Gasteiger partial charge is 0.368 e. The number of carbonyl (C=O) groups is 1. The second-order valence-electron chi connectivity index (χ2n) is 4.19. The van der Waals surface area contributed by atoms with Crippen molar-refractivity contribution in [2.45, 2.75) is 6.54 Å². The molecule has 4 nitrogen and oxygen atoms in total. The predicted molar refractivity (Wildman–Crippen MR) is 67.9 cm³/mol. The zero-order valence-electron chi connectivity index (χ0n) is 9.93. The topological polar surface area (TPSA) is 53.8 Å². The Bertz CT molecular complexity index is 753. The van der Waals surface area contributed by atoms with E-state index in [-0.39, 0.29) is 5.82 Å². The second kappa shape index (κ2) is 4.61. The van der Waals surface area contributed by atoms with Gasteiger partial charge in [0.25, 0.3) is 0 Å². The number of carbonyl (C=O) groups excluding carboxylic acids is 1. The van der Waals surface area contributed by atoms with E-state index in [1.165, 1.54) is 12.1 Å². The van der Waals surface area contributed by atoms with Crippen molar-refractivity contribution in [3.05, 3.63) is 64.6 Å². The number of benzene rings is 2. The lowest BCUT2D eigenvalue weighted by Crippen LogP contribution is -2.21. The maximum absolute atomic E-state index is 12.8. The van der Waals surface area contributed by atoms with E-state index in [1.807, 2.05) is 6.07 Å². The minimum atomic E-state index is -0.467. The Morgan fingerprint density at radius 1 is 1.00 bits per heavy atom. The van der Waals surface area contributed by atoms with Gasteiger partial charge in [-0.3, -0.25) is 0 Å². The number of rotatable bonds is 3. The molecule has 1 aliphatic rings. The molecule has 19 heavy (non-hydrogen) atoms. The molecule has 1 heterocycles. The third-order valence-electron chi connectivity index (χ3n) is 2.82. The SMILES string of the molecule is O=C1N=c2ccc(NCc3ccc(F)cc3)cc2=N1. The van der Waals surface area contributed by atoms with Crippen LogP contribution in [0.5, 0.6) is 0 Å². The molecule has 0 saturated carbocycles. The Kier molecular flexibility index (Phi) is 2.79. The standard InChI is InChI=1S/C14H10FN3O/c15-10-3-1-9(2-4-10)8-16-11-5-6-12-13(7-11)18-14(19)17-12/h1-7,16H,8H2. The summed E-state index contributed by atoms with van der Waals surface area (Å²) in [5.74, 6) is -0.250. The van der Waals surface area contributed by atoms with Crippen LogP contribution >= 0.6 is 0 Å². The van der Waals surface area contributed by atoms with Gasteiger partial charge in [-0.1, -0.05) is 12.1 Å². The van der Waals surface area contributed by atoms with E-state index in [1.54, 1.807) is 24.3 Å². The molecule has 0 saturated heterocycles. The van der Waals surface area contributed by atoms with Crippen molar-refractivity contribution in [1.29, 1.82) is 0 Å². The van der Waals surface area contributed by atoms with E-state index in [9.17, 15) is 9.18 Å². The van der Waals surface area contributed by atoms with Crippen LogP contribution < -0.4 is 16.0 Å². The van der Waals surface area contributed by atoms with Gasteiger partial charge < -0.3 is 5.32 Å². The predicted octanol–water partition coefficient (Wildman–Crippen LogP) is 1.81. The summed E-state index contributed by atoms with van der Waals surface area (Å²) < 4.78 is 12.8. The van der Waals surface area contributed by atoms with Gasteiger partial charge in [-0.2, -0.15) is 9.98 Å². The molecular formula is C14H10FN3O. The molecule has 2 aromatic carbocycles. The van der Waals surface area contributed by atoms with E-state index in [0.29, 0.717) is 17.3 Å². The molecule has 1 aliphatic heterocycles. The van der Waals surface area contributed by atoms with Crippen LogP contribution in [0.3, 0.4) is 0 Å². The molecule has 2 amide bonds. The minimum absolute atomic E-state index is 0.250. The first-order valence-electron chi connectivity index (χ1n) is 5.80. The molecular weight excluding hydrogens is 245 g/mol. The van der Waals surface area contributed by atoms with E-state index < -0.39 is 6.03 Å². The molecule has 0 aromatic heterocycles. The molecule has 0 atom stereocenters. The number of nitrogens with one attached hydrogen (secondary N) is 1. The largest absolute Gasteiger partial charge is 0.381 e. The Labute approximate surface area is 108 Å². The van der Waals surface area contributed by atoms with Gasteiger partial charge in [-0.15, -0.1) is 0 Å². The lowest BCUT2D eigenvalue weighted by atomic mass is 10.2. The van der Waals surface area contributed by atoms with Crippen molar-refractivity contribution < 1.29 is 9.18 Å². The van der Waals surface area contributed by atoms with Gasteiger partial charge in [-0.25, -0.2) is 9.18 Å². The summed E-state index contributed by atoms with van der Waals surface area (Å²) in [6.45, 7) is 0.574. The summed E-state index contributed by atoms with van der Waals surface area (Å²) in [7, 11) is 0. The third kappa shape index (κ3) is 2.49. The van der Waals surface area contributed by atoms with Crippen LogP contribution in [0.15, 0.2) is 52.4 Å². The van der Waals surface area contributed by atoms with Crippen molar-refractivity contribution in [2.24, 2.45) is 9.98 Å². The fraction of sp³-hybridized carbons (Fsp3) is 0.0714. The first-order chi connectivity index (χ1) is 9.20. The number of hydrogen-bond donors (Lipinski definition) is 1. The summed E-state index contributed by atoms with van der Waals surface area (Å²) in [5, 5.41) is 4.36. The molecule has 0 spiro atoms. The highest BCUT2D eigenvalue weighted by atomic mass is 19.1. The van der Waals surface area contributed by atoms with Crippen molar-refractivity contribution in [3.8, 4) is 0 Å². The van der Waals surface area contributed by atoms with E-state index >= 15 is 0 Å². The Balaban J connectivity index is 1.77. The Morgan fingerprint density at radius 3 is 2.53 bits per heavy atom. The molecule has 0 fully saturated rings. The zero-order valence-corrected chi connectivity index (χ0v) is 9.93. The van der Waals surface area contributed by atoms with Gasteiger partial charge >= 0.3 is 6.03 Å². The average Bonchev–Trinajstić information content (AvgIpc) is 2.77. The van der Waals surface area contributed by atoms with Crippen LogP contribution in [0.25, 0.3) is 0 Å². The Morgan fingerprint density at radius 2 is 1.74 bits per heavy atom. The molecule has 0 aliphatic carbocycles. The third-order valence-corrected chi connectivity index (χ3v) is 2.82. The van der Waals surface area contributed by atoms with Crippen molar-refractivity contribution in [2.75, 3.05) is 5.32 Å². The molecule has 5 heteroatoms. The van der Waals surface area contributed by atoms with Crippen LogP contribution in [0.4, 0.5) is 14.9 Å². The van der Waals surface area contributed by atoms with E-state index in [2.05, 4.69) is 15.3 Å². The van der Waals surface area contributed by atoms with Crippen LogP contribution in [0.1, 0.15) is 5.56 Å². The zero-order chi connectivity index (χ0) is 13.2. The van der Waals surface area contributed by atoms with Gasteiger partial charge in [0.15, 0.2) is 0 Å². The van der Waals surface area contributed by atoms with Crippen molar-refractivity contribution in [3.63, 3.8) is 0 Å². The Hall–Kier alpha value is -2.56. The number of anilines is 1. The number of amides is 2. The van der Waals surface area contributed by atoms with Gasteiger partial charge in [0.05, 0.1) is 10.7 Å². The number of halogens is 1. The lowest BCUT2D eigenvalue weighted by Gasteiger charge is -2.05. The first-order valence-corrected chi connectivity index (χ1v) is 5.80. The molecule has 94 valence electrons. The summed E-state index contributed by atoms with van der Waals surface area (Å²) in [5.41, 5.74) is 1.82. The summed E-state index contributed by atoms with van der Waals surface area (Å²) in [4.78, 5) is 18.6. The number of fused-ring (bicyclic) bond motifs is 1. The fourth-order valence-corrected chi connectivity index (χ4v) is 1.85. The number of nitrogens with zero attached hydrogens (tertiary/aromatic N) is 2. The summed E-state index contributed by atoms with van der Waals surface area (Å²) in [6.07, 6.45) is 0. The maximum Gasteiger partial charge on any atom is 0.368 e. The fourth-order valence-electron chi connectivity index (χ4n) is 1.85. The molecule has 2 aromatic rings. The molecule has 3 rings (SSSR count). The van der Waals surface area contributed by atoms with Crippen LogP contribution in [0.2, 0.25) is 0 Å². The lowest BCUT2D eigenvalue weighted by molar-refractivity contribution is 0.256. The minimum Gasteiger partial charge on any atom is -0.381 e. The van der Waals surface area contributed by atoms with Crippen LogP contribution in [-0.2, 0) is 6.54 Å². The van der Waals surface area contributed by atoms with E-state index in [0.717, 1.165) is 11.3 Å². The molecule has 0 unspecified atom stereocenters. The number of urea groups is 1. The maximum atomic E-state index is 12.8. The van der Waals surface area contributed by atoms with Crippen LogP contribution in [-0.4, -0.2) is 6.03 Å². The van der Waals surface area contributed by atoms with Gasteiger partial charge in [0, 0.05) is 12.2 Å². The van der Waals surface area contributed by atoms with Gasteiger partial charge in [-0.05, 0) is 35.9 Å². The van der Waals surface area contributed by atoms with Crippen molar-refractivity contribution in [1.82, 2.24) is 0 Å². The normalized spacial score (nSPS) is 12.6. The van der Waals surface area contributed by atoms with Gasteiger partial charge in [0.1, 0.15) is 5.82 Å². The molecule has 0 bridgehead atoms. The number of hydrogen-bond acceptors (Lipinski definition) is 2. The van der Waals surface area contributed by atoms with E-state index in [4.69, 9.17) is 0 Å². The molecule has 1 N–H and O–H groups in total. The van der Waals surface area contributed by atoms with Crippen molar-refractivity contribution >= 4 is 11.7 Å². The molecule has 0 radical (unpaired) electrons. The quantitative estimate of drug-likeness (QED) is 0.909. The second-order valence-corrected chi connectivity index (χ2v) is 4.19. The van der Waals surface area contributed by atoms with Gasteiger partial charge in [0.2, 0.25) is 0 Å². The average molecular weight is 255 g/mol. The highest BCUT2D eigenvalue weighted by molar-refractivity contribution is 5.77. The first kappa shape index (κ1) is 11.5. The summed E-state index contributed by atoms with van der Waals surface area (Å²) in [6, 6.07) is 11.2. The van der Waals surface area contributed by atoms with Crippen LogP contribution in [0, 0.1) is 5.82 Å². The highest BCUT2D eigenvalue weighted by Gasteiger charge is 2.05.